The third-order valence-corrected chi connectivity index (χ3v) is 4.26. The largest absolute Gasteiger partial charge is 0.330 e. The van der Waals surface area contributed by atoms with Crippen LogP contribution < -0.4 is 5.73 Å². The van der Waals surface area contributed by atoms with Crippen molar-refractivity contribution in [1.29, 1.82) is 0 Å². The summed E-state index contributed by atoms with van der Waals surface area (Å²) in [4.78, 5) is 2.58. The van der Waals surface area contributed by atoms with Crippen LogP contribution in [0.1, 0.15) is 35.1 Å². The molecule has 1 aliphatic heterocycles. The Kier molecular flexibility index (Phi) is 4.41. The van der Waals surface area contributed by atoms with Crippen LogP contribution >= 0.6 is 0 Å². The van der Waals surface area contributed by atoms with E-state index in [4.69, 9.17) is 5.73 Å². The van der Waals surface area contributed by atoms with Crippen molar-refractivity contribution in [2.24, 2.45) is 11.7 Å². The highest BCUT2D eigenvalue weighted by molar-refractivity contribution is 5.37. The fraction of sp³-hybridized carbons (Fsp3) is 0.625. The van der Waals surface area contributed by atoms with Gasteiger partial charge in [-0.2, -0.15) is 0 Å². The maximum Gasteiger partial charge on any atom is 0.0238 e. The molecule has 0 unspecified atom stereocenters. The summed E-state index contributed by atoms with van der Waals surface area (Å²) in [7, 11) is 0. The third kappa shape index (κ3) is 3.12. The van der Waals surface area contributed by atoms with Crippen molar-refractivity contribution < 1.29 is 0 Å². The summed E-state index contributed by atoms with van der Waals surface area (Å²) in [6.45, 7) is 11.0. The first-order valence-electron chi connectivity index (χ1n) is 7.09. The second kappa shape index (κ2) is 5.85. The molecule has 2 rings (SSSR count). The van der Waals surface area contributed by atoms with Gasteiger partial charge in [0.1, 0.15) is 0 Å². The van der Waals surface area contributed by atoms with Gasteiger partial charge in [0.05, 0.1) is 0 Å². The Hall–Kier alpha value is -0.860. The molecule has 0 aliphatic carbocycles. The van der Waals surface area contributed by atoms with E-state index in [-0.39, 0.29) is 0 Å². The van der Waals surface area contributed by atoms with Crippen molar-refractivity contribution in [3.05, 3.63) is 34.4 Å². The minimum absolute atomic E-state index is 0.751. The predicted molar refractivity (Wildman–Crippen MR) is 77.7 cm³/mol. The molecule has 1 aliphatic rings. The van der Waals surface area contributed by atoms with Crippen LogP contribution in [0.3, 0.4) is 0 Å². The van der Waals surface area contributed by atoms with Crippen LogP contribution in [0.5, 0.6) is 0 Å². The van der Waals surface area contributed by atoms with Crippen LogP contribution in [-0.2, 0) is 6.54 Å². The average molecular weight is 246 g/mol. The topological polar surface area (TPSA) is 29.3 Å². The Balaban J connectivity index is 2.02. The lowest BCUT2D eigenvalue weighted by Gasteiger charge is -2.32. The smallest absolute Gasteiger partial charge is 0.0238 e. The molecule has 2 heteroatoms. The van der Waals surface area contributed by atoms with Gasteiger partial charge in [0, 0.05) is 6.54 Å². The van der Waals surface area contributed by atoms with Gasteiger partial charge < -0.3 is 5.73 Å². The van der Waals surface area contributed by atoms with Gasteiger partial charge in [0.15, 0.2) is 0 Å². The number of hydrogen-bond acceptors (Lipinski definition) is 2. The fourth-order valence-electron chi connectivity index (χ4n) is 3.06. The molecule has 100 valence electrons. The third-order valence-electron chi connectivity index (χ3n) is 4.26. The van der Waals surface area contributed by atoms with Crippen molar-refractivity contribution in [2.45, 2.75) is 40.2 Å². The molecule has 0 amide bonds. The minimum atomic E-state index is 0.751. The molecule has 1 fully saturated rings. The highest BCUT2D eigenvalue weighted by Gasteiger charge is 2.19. The SMILES string of the molecule is Cc1cc(C)c(CN2CCC(CN)CC2)c(C)c1. The highest BCUT2D eigenvalue weighted by atomic mass is 15.1. The molecular formula is C16H26N2. The zero-order valence-electron chi connectivity index (χ0n) is 12.0. The molecule has 0 saturated carbocycles. The van der Waals surface area contributed by atoms with Crippen LogP contribution in [0, 0.1) is 26.7 Å². The second-order valence-electron chi connectivity index (χ2n) is 5.83. The molecule has 18 heavy (non-hydrogen) atoms. The average Bonchev–Trinajstić information content (AvgIpc) is 2.34. The number of hydrogen-bond donors (Lipinski definition) is 1. The number of aryl methyl sites for hydroxylation is 3. The van der Waals surface area contributed by atoms with E-state index in [1.165, 1.54) is 48.2 Å². The van der Waals surface area contributed by atoms with Crippen molar-refractivity contribution in [3.63, 3.8) is 0 Å². The Morgan fingerprint density at radius 2 is 1.67 bits per heavy atom. The summed E-state index contributed by atoms with van der Waals surface area (Å²) in [5.41, 5.74) is 11.5. The van der Waals surface area contributed by atoms with Crippen LogP contribution in [0.25, 0.3) is 0 Å². The van der Waals surface area contributed by atoms with Crippen molar-refractivity contribution in [3.8, 4) is 0 Å². The molecule has 1 saturated heterocycles. The van der Waals surface area contributed by atoms with E-state index in [9.17, 15) is 0 Å². The summed E-state index contributed by atoms with van der Waals surface area (Å²) in [6.07, 6.45) is 2.53. The number of likely N-dealkylation sites (tertiary alicyclic amines) is 1. The van der Waals surface area contributed by atoms with Gasteiger partial charge in [-0.1, -0.05) is 17.7 Å². The maximum atomic E-state index is 5.75. The van der Waals surface area contributed by atoms with Crippen molar-refractivity contribution in [1.82, 2.24) is 4.90 Å². The standard InChI is InChI=1S/C16H26N2/c1-12-8-13(2)16(14(3)9-12)11-18-6-4-15(10-17)5-7-18/h8-9,15H,4-7,10-11,17H2,1-3H3. The summed E-state index contributed by atoms with van der Waals surface area (Å²) < 4.78 is 0. The molecule has 0 radical (unpaired) electrons. The number of benzene rings is 1. The monoisotopic (exact) mass is 246 g/mol. The Morgan fingerprint density at radius 3 is 2.17 bits per heavy atom. The molecule has 0 bridgehead atoms. The Bertz CT molecular complexity index is 381. The van der Waals surface area contributed by atoms with Crippen molar-refractivity contribution in [2.75, 3.05) is 19.6 Å². The normalized spacial score (nSPS) is 18.2. The summed E-state index contributed by atoms with van der Waals surface area (Å²) in [5.74, 6) is 0.751. The molecule has 1 aromatic carbocycles. The van der Waals surface area contributed by atoms with Crippen molar-refractivity contribution >= 4 is 0 Å². The highest BCUT2D eigenvalue weighted by Crippen LogP contribution is 2.22. The van der Waals surface area contributed by atoms with Crippen LogP contribution in [0.15, 0.2) is 12.1 Å². The molecular weight excluding hydrogens is 220 g/mol. The van der Waals surface area contributed by atoms with Gasteiger partial charge in [-0.05, 0) is 75.9 Å². The first kappa shape index (κ1) is 13.6. The summed E-state index contributed by atoms with van der Waals surface area (Å²) in [5, 5.41) is 0. The molecule has 0 atom stereocenters. The van der Waals surface area contributed by atoms with E-state index < -0.39 is 0 Å². The molecule has 1 heterocycles. The Morgan fingerprint density at radius 1 is 1.11 bits per heavy atom. The molecule has 2 N–H and O–H groups in total. The Labute approximate surface area is 111 Å². The van der Waals surface area contributed by atoms with E-state index in [2.05, 4.69) is 37.8 Å². The van der Waals surface area contributed by atoms with Crippen LogP contribution in [-0.4, -0.2) is 24.5 Å². The van der Waals surface area contributed by atoms with E-state index in [0.29, 0.717) is 0 Å². The van der Waals surface area contributed by atoms with E-state index in [1.54, 1.807) is 0 Å². The summed E-state index contributed by atoms with van der Waals surface area (Å²) in [6, 6.07) is 4.60. The maximum absolute atomic E-state index is 5.75. The van der Waals surface area contributed by atoms with Gasteiger partial charge in [-0.3, -0.25) is 4.90 Å². The van der Waals surface area contributed by atoms with Crippen LogP contribution in [0.4, 0.5) is 0 Å². The van der Waals surface area contributed by atoms with Gasteiger partial charge in [-0.15, -0.1) is 0 Å². The molecule has 0 aromatic heterocycles. The molecule has 2 nitrogen and oxygen atoms in total. The minimum Gasteiger partial charge on any atom is -0.330 e. The van der Waals surface area contributed by atoms with Gasteiger partial charge in [-0.25, -0.2) is 0 Å². The first-order chi connectivity index (χ1) is 8.60. The number of nitrogens with zero attached hydrogens (tertiary/aromatic N) is 1. The van der Waals surface area contributed by atoms with E-state index in [1.807, 2.05) is 0 Å². The van der Waals surface area contributed by atoms with Crippen LogP contribution in [0.2, 0.25) is 0 Å². The van der Waals surface area contributed by atoms with Gasteiger partial charge in [0.25, 0.3) is 0 Å². The fourth-order valence-corrected chi connectivity index (χ4v) is 3.06. The molecule has 0 spiro atoms. The zero-order chi connectivity index (χ0) is 13.1. The lowest BCUT2D eigenvalue weighted by atomic mass is 9.95. The predicted octanol–water partition coefficient (Wildman–Crippen LogP) is 2.78. The number of nitrogens with two attached hydrogens (primary N) is 1. The first-order valence-corrected chi connectivity index (χ1v) is 7.09. The van der Waals surface area contributed by atoms with E-state index >= 15 is 0 Å². The quantitative estimate of drug-likeness (QED) is 0.888. The molecule has 1 aromatic rings. The number of piperidine rings is 1. The van der Waals surface area contributed by atoms with Gasteiger partial charge in [0.2, 0.25) is 0 Å². The lowest BCUT2D eigenvalue weighted by Crippen LogP contribution is -2.35. The second-order valence-corrected chi connectivity index (χ2v) is 5.83. The van der Waals surface area contributed by atoms with E-state index in [0.717, 1.165) is 19.0 Å². The van der Waals surface area contributed by atoms with Gasteiger partial charge >= 0.3 is 0 Å². The number of rotatable bonds is 3. The zero-order valence-corrected chi connectivity index (χ0v) is 12.0. The lowest BCUT2D eigenvalue weighted by molar-refractivity contribution is 0.180. The summed E-state index contributed by atoms with van der Waals surface area (Å²) >= 11 is 0.